The number of hydrogen-bond acceptors (Lipinski definition) is 3. The smallest absolute Gasteiger partial charge is 0.271 e. The summed E-state index contributed by atoms with van der Waals surface area (Å²) in [6.45, 7) is 0. The highest BCUT2D eigenvalue weighted by atomic mass is 35.5. The molecule has 128 valence electrons. The highest BCUT2D eigenvalue weighted by Gasteiger charge is 2.09. The van der Waals surface area contributed by atoms with Crippen molar-refractivity contribution in [3.05, 3.63) is 75.8 Å². The van der Waals surface area contributed by atoms with Crippen LogP contribution in [0.4, 0.5) is 0 Å². The first-order valence-corrected chi connectivity index (χ1v) is 8.22. The van der Waals surface area contributed by atoms with Gasteiger partial charge in [-0.05, 0) is 42.1 Å². The van der Waals surface area contributed by atoms with Gasteiger partial charge in [-0.1, -0.05) is 53.5 Å². The maximum atomic E-state index is 11.9. The van der Waals surface area contributed by atoms with E-state index in [9.17, 15) is 9.59 Å². The van der Waals surface area contributed by atoms with Crippen LogP contribution in [0.2, 0.25) is 10.0 Å². The largest absolute Gasteiger partial charge is 0.298 e. The summed E-state index contributed by atoms with van der Waals surface area (Å²) in [6, 6.07) is 13.6. The monoisotopic (exact) mass is 393 g/mol. The summed E-state index contributed by atoms with van der Waals surface area (Å²) < 4.78 is 0. The quantitative estimate of drug-likeness (QED) is 0.424. The fraction of sp³-hybridized carbons (Fsp3) is 0. The van der Waals surface area contributed by atoms with E-state index >= 15 is 0 Å². The molecule has 0 saturated heterocycles. The third-order valence-electron chi connectivity index (χ3n) is 2.96. The zero-order chi connectivity index (χ0) is 18.2. The molecular formula is C17H13Cl2N3O2S. The number of hydrogen-bond donors (Lipinski definition) is 3. The van der Waals surface area contributed by atoms with Crippen molar-refractivity contribution in [2.24, 2.45) is 0 Å². The van der Waals surface area contributed by atoms with E-state index in [0.29, 0.717) is 15.6 Å². The van der Waals surface area contributed by atoms with Crippen molar-refractivity contribution < 1.29 is 9.59 Å². The molecule has 3 N–H and O–H groups in total. The van der Waals surface area contributed by atoms with Crippen LogP contribution in [0.15, 0.2) is 54.6 Å². The van der Waals surface area contributed by atoms with E-state index < -0.39 is 11.8 Å². The third-order valence-corrected chi connectivity index (χ3v) is 3.84. The van der Waals surface area contributed by atoms with Crippen LogP contribution < -0.4 is 16.2 Å². The topological polar surface area (TPSA) is 70.2 Å². The van der Waals surface area contributed by atoms with Gasteiger partial charge in [-0.3, -0.25) is 25.8 Å². The number of hydrazine groups is 1. The second-order valence-electron chi connectivity index (χ2n) is 4.73. The summed E-state index contributed by atoms with van der Waals surface area (Å²) in [4.78, 5) is 23.7. The molecule has 0 spiro atoms. The second-order valence-corrected chi connectivity index (χ2v) is 5.95. The molecule has 8 heteroatoms. The Kier molecular flexibility index (Phi) is 6.94. The van der Waals surface area contributed by atoms with Gasteiger partial charge in [-0.25, -0.2) is 0 Å². The van der Waals surface area contributed by atoms with Crippen molar-refractivity contribution in [3.8, 4) is 0 Å². The highest BCUT2D eigenvalue weighted by molar-refractivity contribution is 7.80. The van der Waals surface area contributed by atoms with E-state index in [2.05, 4.69) is 16.2 Å². The summed E-state index contributed by atoms with van der Waals surface area (Å²) in [7, 11) is 0. The lowest BCUT2D eigenvalue weighted by molar-refractivity contribution is -0.115. The Balaban J connectivity index is 1.84. The van der Waals surface area contributed by atoms with Gasteiger partial charge in [-0.2, -0.15) is 0 Å². The molecule has 0 bridgehead atoms. The second kappa shape index (κ2) is 9.17. The summed E-state index contributed by atoms with van der Waals surface area (Å²) >= 11 is 16.8. The van der Waals surface area contributed by atoms with E-state index in [0.717, 1.165) is 0 Å². The molecule has 0 aliphatic carbocycles. The lowest BCUT2D eigenvalue weighted by Crippen LogP contribution is -2.48. The number of amides is 2. The van der Waals surface area contributed by atoms with Gasteiger partial charge in [-0.15, -0.1) is 0 Å². The van der Waals surface area contributed by atoms with Gasteiger partial charge in [0, 0.05) is 11.1 Å². The van der Waals surface area contributed by atoms with Crippen LogP contribution in [0.25, 0.3) is 6.08 Å². The number of benzene rings is 2. The average Bonchev–Trinajstić information content (AvgIpc) is 2.59. The lowest BCUT2D eigenvalue weighted by atomic mass is 10.2. The SMILES string of the molecule is O=C(/C=C/c1ccccc1Cl)NC(=S)NNC(=O)c1ccccc1Cl. The number of nitrogens with one attached hydrogen (secondary N) is 3. The first kappa shape index (κ1) is 18.9. The Morgan fingerprint density at radius 3 is 2.24 bits per heavy atom. The maximum absolute atomic E-state index is 11.9. The number of carbonyl (C=O) groups is 2. The number of rotatable bonds is 3. The van der Waals surface area contributed by atoms with Gasteiger partial charge in [0.15, 0.2) is 5.11 Å². The molecule has 2 amide bonds. The highest BCUT2D eigenvalue weighted by Crippen LogP contribution is 2.16. The van der Waals surface area contributed by atoms with Crippen LogP contribution in [0.3, 0.4) is 0 Å². The average molecular weight is 394 g/mol. The Morgan fingerprint density at radius 1 is 0.920 bits per heavy atom. The van der Waals surface area contributed by atoms with Crippen LogP contribution in [0.5, 0.6) is 0 Å². The van der Waals surface area contributed by atoms with Gasteiger partial charge in [0.25, 0.3) is 5.91 Å². The predicted molar refractivity (Wildman–Crippen MR) is 103 cm³/mol. The van der Waals surface area contributed by atoms with Gasteiger partial charge < -0.3 is 0 Å². The standard InChI is InChI=1S/C17H13Cl2N3O2S/c18-13-7-3-1-5-11(13)9-10-15(23)20-17(25)22-21-16(24)12-6-2-4-8-14(12)19/h1-10H,(H,21,24)(H2,20,22,23,25)/b10-9+. The van der Waals surface area contributed by atoms with Crippen molar-refractivity contribution in [1.82, 2.24) is 16.2 Å². The van der Waals surface area contributed by atoms with Crippen molar-refractivity contribution in [2.75, 3.05) is 0 Å². The van der Waals surface area contributed by atoms with Crippen LogP contribution in [-0.4, -0.2) is 16.9 Å². The van der Waals surface area contributed by atoms with Crippen molar-refractivity contribution in [3.63, 3.8) is 0 Å². The number of carbonyl (C=O) groups excluding carboxylic acids is 2. The van der Waals surface area contributed by atoms with Crippen molar-refractivity contribution >= 4 is 58.4 Å². The fourth-order valence-corrected chi connectivity index (χ4v) is 2.36. The van der Waals surface area contributed by atoms with E-state index in [1.54, 1.807) is 54.6 Å². The molecule has 2 aromatic rings. The van der Waals surface area contributed by atoms with E-state index in [1.807, 2.05) is 0 Å². The van der Waals surface area contributed by atoms with Crippen LogP contribution in [0.1, 0.15) is 15.9 Å². The van der Waals surface area contributed by atoms with E-state index in [1.165, 1.54) is 6.08 Å². The Labute approximate surface area is 160 Å². The van der Waals surface area contributed by atoms with Gasteiger partial charge in [0.2, 0.25) is 5.91 Å². The number of halogens is 2. The summed E-state index contributed by atoms with van der Waals surface area (Å²) in [5, 5.41) is 3.17. The Morgan fingerprint density at radius 2 is 1.56 bits per heavy atom. The van der Waals surface area contributed by atoms with Crippen LogP contribution >= 0.6 is 35.4 Å². The number of thiocarbonyl (C=S) groups is 1. The molecule has 0 atom stereocenters. The normalized spacial score (nSPS) is 10.3. The maximum Gasteiger partial charge on any atom is 0.271 e. The minimum atomic E-state index is -0.478. The molecule has 25 heavy (non-hydrogen) atoms. The molecular weight excluding hydrogens is 381 g/mol. The molecule has 2 aromatic carbocycles. The molecule has 0 fully saturated rings. The van der Waals surface area contributed by atoms with Crippen molar-refractivity contribution in [1.29, 1.82) is 0 Å². The molecule has 0 radical (unpaired) electrons. The van der Waals surface area contributed by atoms with Crippen LogP contribution in [0, 0.1) is 0 Å². The summed E-state index contributed by atoms with van der Waals surface area (Å²) in [6.07, 6.45) is 2.84. The predicted octanol–water partition coefficient (Wildman–Crippen LogP) is 3.34. The first-order chi connectivity index (χ1) is 12.0. The summed E-state index contributed by atoms with van der Waals surface area (Å²) in [5.74, 6) is -0.946. The van der Waals surface area contributed by atoms with Gasteiger partial charge in [0.05, 0.1) is 10.6 Å². The molecule has 0 heterocycles. The minimum absolute atomic E-state index is 0.0609. The minimum Gasteiger partial charge on any atom is -0.298 e. The zero-order valence-corrected chi connectivity index (χ0v) is 15.1. The molecule has 0 saturated carbocycles. The third kappa shape index (κ3) is 5.86. The van der Waals surface area contributed by atoms with Crippen LogP contribution in [-0.2, 0) is 4.79 Å². The van der Waals surface area contributed by atoms with Crippen molar-refractivity contribution in [2.45, 2.75) is 0 Å². The van der Waals surface area contributed by atoms with E-state index in [-0.39, 0.29) is 10.7 Å². The van der Waals surface area contributed by atoms with Gasteiger partial charge >= 0.3 is 0 Å². The molecule has 0 aliphatic heterocycles. The molecule has 2 rings (SSSR count). The first-order valence-electron chi connectivity index (χ1n) is 7.06. The Hall–Kier alpha value is -2.41. The fourth-order valence-electron chi connectivity index (χ4n) is 1.79. The molecule has 0 unspecified atom stereocenters. The molecule has 0 aromatic heterocycles. The Bertz CT molecular complexity index is 840. The van der Waals surface area contributed by atoms with E-state index in [4.69, 9.17) is 35.4 Å². The molecule has 0 aliphatic rings. The molecule has 5 nitrogen and oxygen atoms in total. The summed E-state index contributed by atoms with van der Waals surface area (Å²) in [5.41, 5.74) is 5.76. The lowest BCUT2D eigenvalue weighted by Gasteiger charge is -2.10. The van der Waals surface area contributed by atoms with Gasteiger partial charge in [0.1, 0.15) is 0 Å². The zero-order valence-electron chi connectivity index (χ0n) is 12.8.